The number of ether oxygens (including phenoxy) is 1. The maximum Gasteiger partial charge on any atom is 0.277 e. The lowest BCUT2D eigenvalue weighted by Crippen LogP contribution is -2.13. The molecule has 2 rings (SSSR count). The Morgan fingerprint density at radius 1 is 1.52 bits per heavy atom. The van der Waals surface area contributed by atoms with Gasteiger partial charge < -0.3 is 15.8 Å². The minimum Gasteiger partial charge on any atom is -0.495 e. The van der Waals surface area contributed by atoms with Gasteiger partial charge >= 0.3 is 0 Å². The van der Waals surface area contributed by atoms with Crippen molar-refractivity contribution in [2.75, 3.05) is 19.0 Å². The molecule has 0 bridgehead atoms. The van der Waals surface area contributed by atoms with Gasteiger partial charge in [0.2, 0.25) is 0 Å². The first-order valence-corrected chi connectivity index (χ1v) is 6.68. The average Bonchev–Trinajstić information content (AvgIpc) is 2.91. The van der Waals surface area contributed by atoms with Gasteiger partial charge in [0, 0.05) is 17.6 Å². The van der Waals surface area contributed by atoms with Crippen LogP contribution in [0.5, 0.6) is 5.75 Å². The van der Waals surface area contributed by atoms with Gasteiger partial charge in [0.1, 0.15) is 5.75 Å². The van der Waals surface area contributed by atoms with Crippen molar-refractivity contribution in [3.8, 4) is 5.75 Å². The number of carbonyl (C=O) groups excluding carboxylic acids is 1. The summed E-state index contributed by atoms with van der Waals surface area (Å²) in [6.07, 6.45) is 1.54. The maximum absolute atomic E-state index is 12.1. The van der Waals surface area contributed by atoms with Gasteiger partial charge in [0.05, 0.1) is 25.5 Å². The fourth-order valence-corrected chi connectivity index (χ4v) is 1.91. The number of aromatic nitrogens is 3. The van der Waals surface area contributed by atoms with E-state index in [2.05, 4.69) is 15.6 Å². The molecule has 0 unspecified atom stereocenters. The van der Waals surface area contributed by atoms with E-state index in [0.29, 0.717) is 29.5 Å². The maximum atomic E-state index is 12.1. The highest BCUT2D eigenvalue weighted by molar-refractivity contribution is 6.31. The zero-order valence-corrected chi connectivity index (χ0v) is 12.5. The number of carbonyl (C=O) groups is 1. The zero-order chi connectivity index (χ0) is 15.4. The van der Waals surface area contributed by atoms with Gasteiger partial charge in [-0.25, -0.2) is 0 Å². The number of aryl methyl sites for hydroxylation is 1. The van der Waals surface area contributed by atoms with E-state index in [1.165, 1.54) is 18.0 Å². The Morgan fingerprint density at radius 3 is 2.95 bits per heavy atom. The molecule has 2 aromatic rings. The van der Waals surface area contributed by atoms with E-state index in [0.717, 1.165) is 5.56 Å². The first kappa shape index (κ1) is 15.3. The number of hydrogen-bond donors (Lipinski definition) is 2. The molecule has 1 aromatic heterocycles. The van der Waals surface area contributed by atoms with Gasteiger partial charge in [-0.15, -0.1) is 5.10 Å². The van der Waals surface area contributed by atoms with E-state index in [1.807, 2.05) is 6.92 Å². The molecule has 0 aliphatic carbocycles. The molecule has 0 spiro atoms. The minimum atomic E-state index is -0.377. The highest BCUT2D eigenvalue weighted by Crippen LogP contribution is 2.31. The summed E-state index contributed by atoms with van der Waals surface area (Å²) in [4.78, 5) is 12.1. The predicted molar refractivity (Wildman–Crippen MR) is 79.8 cm³/mol. The van der Waals surface area contributed by atoms with E-state index in [-0.39, 0.29) is 11.6 Å². The molecular formula is C13H16ClN5O2. The Bertz CT molecular complexity index is 656. The Kier molecular flexibility index (Phi) is 4.77. The topological polar surface area (TPSA) is 95.1 Å². The van der Waals surface area contributed by atoms with Crippen molar-refractivity contribution in [2.24, 2.45) is 5.73 Å². The number of methoxy groups -OCH3 is 1. The number of amides is 1. The molecule has 0 aliphatic heterocycles. The fourth-order valence-electron chi connectivity index (χ4n) is 1.76. The molecule has 0 atom stereocenters. The van der Waals surface area contributed by atoms with Crippen LogP contribution in [-0.4, -0.2) is 34.6 Å². The summed E-state index contributed by atoms with van der Waals surface area (Å²) < 4.78 is 6.72. The van der Waals surface area contributed by atoms with Crippen LogP contribution in [0.2, 0.25) is 5.02 Å². The molecule has 0 fully saturated rings. The van der Waals surface area contributed by atoms with Crippen molar-refractivity contribution in [3.05, 3.63) is 34.6 Å². The lowest BCUT2D eigenvalue weighted by atomic mass is 10.2. The number of nitrogens with zero attached hydrogens (tertiary/aromatic N) is 3. The van der Waals surface area contributed by atoms with Crippen LogP contribution in [0.15, 0.2) is 18.3 Å². The van der Waals surface area contributed by atoms with Gasteiger partial charge in [-0.1, -0.05) is 16.8 Å². The molecule has 3 N–H and O–H groups in total. The van der Waals surface area contributed by atoms with Crippen molar-refractivity contribution in [1.29, 1.82) is 0 Å². The van der Waals surface area contributed by atoms with Gasteiger partial charge in [-0.2, -0.15) is 0 Å². The lowest BCUT2D eigenvalue weighted by molar-refractivity contribution is 0.102. The highest BCUT2D eigenvalue weighted by atomic mass is 35.5. The monoisotopic (exact) mass is 309 g/mol. The SMILES string of the molecule is COc1cc(Cl)c(C)cc1NC(=O)c1cn(CCN)nn1. The summed E-state index contributed by atoms with van der Waals surface area (Å²) >= 11 is 6.03. The number of hydrogen-bond acceptors (Lipinski definition) is 5. The van der Waals surface area contributed by atoms with Crippen LogP contribution < -0.4 is 15.8 Å². The Balaban J connectivity index is 2.20. The number of benzene rings is 1. The van der Waals surface area contributed by atoms with Gasteiger partial charge in [0.15, 0.2) is 5.69 Å². The molecule has 1 amide bonds. The second-order valence-corrected chi connectivity index (χ2v) is 4.82. The second-order valence-electron chi connectivity index (χ2n) is 4.41. The van der Waals surface area contributed by atoms with E-state index in [1.54, 1.807) is 12.1 Å². The molecule has 7 nitrogen and oxygen atoms in total. The third-order valence-corrected chi connectivity index (χ3v) is 3.27. The second kappa shape index (κ2) is 6.55. The van der Waals surface area contributed by atoms with Crippen LogP contribution in [-0.2, 0) is 6.54 Å². The van der Waals surface area contributed by atoms with E-state index < -0.39 is 0 Å². The first-order valence-electron chi connectivity index (χ1n) is 6.31. The smallest absolute Gasteiger partial charge is 0.277 e. The molecular weight excluding hydrogens is 294 g/mol. The third kappa shape index (κ3) is 3.50. The molecule has 0 radical (unpaired) electrons. The summed E-state index contributed by atoms with van der Waals surface area (Å²) in [6.45, 7) is 2.77. The van der Waals surface area contributed by atoms with E-state index >= 15 is 0 Å². The Hall–Kier alpha value is -2.12. The quantitative estimate of drug-likeness (QED) is 0.872. The summed E-state index contributed by atoms with van der Waals surface area (Å²) in [5, 5.41) is 10.9. The molecule has 1 heterocycles. The van der Waals surface area contributed by atoms with Crippen molar-refractivity contribution >= 4 is 23.2 Å². The lowest BCUT2D eigenvalue weighted by Gasteiger charge is -2.11. The normalized spacial score (nSPS) is 10.5. The van der Waals surface area contributed by atoms with Crippen molar-refractivity contribution < 1.29 is 9.53 Å². The minimum absolute atomic E-state index is 0.207. The first-order chi connectivity index (χ1) is 10.0. The standard InChI is InChI=1S/C13H16ClN5O2/c1-8-5-10(12(21-2)6-9(8)14)16-13(20)11-7-19(4-3-15)18-17-11/h5-7H,3-4,15H2,1-2H3,(H,16,20). The molecule has 0 saturated carbocycles. The Labute approximate surface area is 127 Å². The summed E-state index contributed by atoms with van der Waals surface area (Å²) in [7, 11) is 1.51. The van der Waals surface area contributed by atoms with Gasteiger partial charge in [-0.3, -0.25) is 9.48 Å². The number of nitrogens with two attached hydrogens (primary N) is 1. The Morgan fingerprint density at radius 2 is 2.29 bits per heavy atom. The molecule has 1 aromatic carbocycles. The number of nitrogens with one attached hydrogen (secondary N) is 1. The van der Waals surface area contributed by atoms with Crippen molar-refractivity contribution in [2.45, 2.75) is 13.5 Å². The third-order valence-electron chi connectivity index (χ3n) is 2.86. The van der Waals surface area contributed by atoms with Gasteiger partial charge in [-0.05, 0) is 18.6 Å². The fraction of sp³-hybridized carbons (Fsp3) is 0.308. The van der Waals surface area contributed by atoms with Crippen LogP contribution >= 0.6 is 11.6 Å². The van der Waals surface area contributed by atoms with Gasteiger partial charge in [0.25, 0.3) is 5.91 Å². The average molecular weight is 310 g/mol. The highest BCUT2D eigenvalue weighted by Gasteiger charge is 2.14. The van der Waals surface area contributed by atoms with Crippen LogP contribution in [0.3, 0.4) is 0 Å². The van der Waals surface area contributed by atoms with Crippen LogP contribution in [0.1, 0.15) is 16.1 Å². The summed E-state index contributed by atoms with van der Waals surface area (Å²) in [6, 6.07) is 3.39. The summed E-state index contributed by atoms with van der Waals surface area (Å²) in [5.41, 5.74) is 6.99. The molecule has 0 saturated heterocycles. The van der Waals surface area contributed by atoms with Crippen molar-refractivity contribution in [3.63, 3.8) is 0 Å². The molecule has 8 heteroatoms. The van der Waals surface area contributed by atoms with E-state index in [9.17, 15) is 4.79 Å². The molecule has 21 heavy (non-hydrogen) atoms. The zero-order valence-electron chi connectivity index (χ0n) is 11.8. The number of rotatable bonds is 5. The van der Waals surface area contributed by atoms with E-state index in [4.69, 9.17) is 22.1 Å². The predicted octanol–water partition coefficient (Wildman–Crippen LogP) is 1.46. The molecule has 0 aliphatic rings. The largest absolute Gasteiger partial charge is 0.495 e. The van der Waals surface area contributed by atoms with Crippen LogP contribution in [0.25, 0.3) is 0 Å². The molecule has 112 valence electrons. The number of halogens is 1. The summed E-state index contributed by atoms with van der Waals surface area (Å²) in [5.74, 6) is 0.103. The van der Waals surface area contributed by atoms with Crippen molar-refractivity contribution in [1.82, 2.24) is 15.0 Å². The van der Waals surface area contributed by atoms with Crippen LogP contribution in [0, 0.1) is 6.92 Å². The number of anilines is 1. The van der Waals surface area contributed by atoms with Crippen LogP contribution in [0.4, 0.5) is 5.69 Å².